The Kier molecular flexibility index (Phi) is 3.72. The summed E-state index contributed by atoms with van der Waals surface area (Å²) in [6.07, 6.45) is 4.75. The molecule has 2 nitrogen and oxygen atoms in total. The molecule has 0 saturated carbocycles. The molecule has 0 bridgehead atoms. The highest BCUT2D eigenvalue weighted by molar-refractivity contribution is 5.85. The summed E-state index contributed by atoms with van der Waals surface area (Å²) in [4.78, 5) is 0. The van der Waals surface area contributed by atoms with Crippen molar-refractivity contribution in [1.82, 2.24) is 10.2 Å². The number of benzene rings is 1. The van der Waals surface area contributed by atoms with E-state index in [-0.39, 0.29) is 12.4 Å². The number of H-pyrrole nitrogens is 1. The van der Waals surface area contributed by atoms with Gasteiger partial charge in [-0.1, -0.05) is 29.8 Å². The van der Waals surface area contributed by atoms with Crippen LogP contribution in [0.15, 0.2) is 36.7 Å². The highest BCUT2D eigenvalue weighted by Gasteiger charge is 1.96. The summed E-state index contributed by atoms with van der Waals surface area (Å²) >= 11 is 0. The third kappa shape index (κ3) is 2.60. The van der Waals surface area contributed by atoms with Crippen LogP contribution in [-0.2, 0) is 6.42 Å². The average Bonchev–Trinajstić information content (AvgIpc) is 2.57. The molecule has 3 heteroatoms. The van der Waals surface area contributed by atoms with Crippen molar-refractivity contribution in [2.45, 2.75) is 13.3 Å². The van der Waals surface area contributed by atoms with E-state index in [1.807, 2.05) is 12.4 Å². The fourth-order valence-electron chi connectivity index (χ4n) is 1.43. The van der Waals surface area contributed by atoms with Gasteiger partial charge in [0, 0.05) is 12.6 Å². The Hall–Kier alpha value is -1.28. The van der Waals surface area contributed by atoms with Crippen LogP contribution in [0, 0.1) is 6.92 Å². The second kappa shape index (κ2) is 4.82. The first-order valence-electron chi connectivity index (χ1n) is 4.38. The summed E-state index contributed by atoms with van der Waals surface area (Å²) in [5, 5.41) is 6.73. The van der Waals surface area contributed by atoms with E-state index < -0.39 is 0 Å². The van der Waals surface area contributed by atoms with E-state index in [1.165, 1.54) is 16.7 Å². The largest absolute Gasteiger partial charge is 0.285 e. The maximum Gasteiger partial charge on any atom is 0.0522 e. The van der Waals surface area contributed by atoms with Gasteiger partial charge in [0.2, 0.25) is 0 Å². The molecule has 0 atom stereocenters. The summed E-state index contributed by atoms with van der Waals surface area (Å²) < 4.78 is 0. The molecule has 0 saturated heterocycles. The molecule has 0 aliphatic rings. The molecule has 0 amide bonds. The number of halogens is 1. The summed E-state index contributed by atoms with van der Waals surface area (Å²) in [6.45, 7) is 2.11. The molecular weight excluding hydrogens is 196 g/mol. The molecule has 1 N–H and O–H groups in total. The zero-order valence-electron chi connectivity index (χ0n) is 8.03. The molecule has 74 valence electrons. The Bertz CT molecular complexity index is 382. The predicted molar refractivity (Wildman–Crippen MR) is 59.8 cm³/mol. The fourth-order valence-corrected chi connectivity index (χ4v) is 1.43. The smallest absolute Gasteiger partial charge is 0.0522 e. The van der Waals surface area contributed by atoms with Crippen LogP contribution in [0.25, 0.3) is 0 Å². The Labute approximate surface area is 89.8 Å². The maximum atomic E-state index is 3.92. The van der Waals surface area contributed by atoms with E-state index in [9.17, 15) is 0 Å². The number of nitrogens with one attached hydrogen (secondary N) is 1. The Morgan fingerprint density at radius 1 is 1.29 bits per heavy atom. The summed E-state index contributed by atoms with van der Waals surface area (Å²) in [7, 11) is 0. The van der Waals surface area contributed by atoms with Crippen molar-refractivity contribution < 1.29 is 0 Å². The van der Waals surface area contributed by atoms with E-state index in [4.69, 9.17) is 0 Å². The first-order valence-corrected chi connectivity index (χ1v) is 4.38. The number of rotatable bonds is 2. The molecule has 0 spiro atoms. The number of aromatic amines is 1. The van der Waals surface area contributed by atoms with Gasteiger partial charge < -0.3 is 0 Å². The molecule has 0 unspecified atom stereocenters. The van der Waals surface area contributed by atoms with Crippen LogP contribution in [0.3, 0.4) is 0 Å². The molecule has 1 aromatic heterocycles. The molecule has 0 radical (unpaired) electrons. The lowest BCUT2D eigenvalue weighted by atomic mass is 10.1. The molecule has 1 aromatic carbocycles. The Morgan fingerprint density at radius 2 is 2.14 bits per heavy atom. The maximum absolute atomic E-state index is 3.92. The van der Waals surface area contributed by atoms with Crippen molar-refractivity contribution in [2.75, 3.05) is 0 Å². The monoisotopic (exact) mass is 208 g/mol. The second-order valence-electron chi connectivity index (χ2n) is 3.27. The Balaban J connectivity index is 0.000000980. The van der Waals surface area contributed by atoms with Gasteiger partial charge in [-0.3, -0.25) is 5.10 Å². The third-order valence-corrected chi connectivity index (χ3v) is 2.05. The molecule has 0 fully saturated rings. The quantitative estimate of drug-likeness (QED) is 0.808. The van der Waals surface area contributed by atoms with Crippen molar-refractivity contribution in [3.63, 3.8) is 0 Å². The van der Waals surface area contributed by atoms with Crippen LogP contribution in [0.2, 0.25) is 0 Å². The van der Waals surface area contributed by atoms with Gasteiger partial charge in [-0.05, 0) is 18.1 Å². The van der Waals surface area contributed by atoms with Gasteiger partial charge in [-0.15, -0.1) is 12.4 Å². The fraction of sp³-hybridized carbons (Fsp3) is 0.182. The molecular formula is C11H13ClN2. The van der Waals surface area contributed by atoms with E-state index in [0.717, 1.165) is 6.42 Å². The van der Waals surface area contributed by atoms with Gasteiger partial charge >= 0.3 is 0 Å². The zero-order valence-corrected chi connectivity index (χ0v) is 8.84. The molecule has 2 aromatic rings. The number of aryl methyl sites for hydroxylation is 1. The standard InChI is InChI=1S/C11H12N2.ClH/c1-9-3-2-4-10(5-9)6-11-7-12-13-8-11;/h2-5,7-8H,6H2,1H3,(H,12,13);1H. The van der Waals surface area contributed by atoms with Crippen LogP contribution >= 0.6 is 12.4 Å². The van der Waals surface area contributed by atoms with Gasteiger partial charge in [-0.2, -0.15) is 5.10 Å². The van der Waals surface area contributed by atoms with Crippen molar-refractivity contribution >= 4 is 12.4 Å². The number of aromatic nitrogens is 2. The highest BCUT2D eigenvalue weighted by Crippen LogP contribution is 2.09. The lowest BCUT2D eigenvalue weighted by Gasteiger charge is -1.99. The molecule has 1 heterocycles. The molecule has 0 aliphatic carbocycles. The number of nitrogens with zero attached hydrogens (tertiary/aromatic N) is 1. The van der Waals surface area contributed by atoms with Crippen molar-refractivity contribution in [3.8, 4) is 0 Å². The highest BCUT2D eigenvalue weighted by atomic mass is 35.5. The Morgan fingerprint density at radius 3 is 2.79 bits per heavy atom. The van der Waals surface area contributed by atoms with Gasteiger partial charge in [0.25, 0.3) is 0 Å². The van der Waals surface area contributed by atoms with E-state index in [2.05, 4.69) is 41.4 Å². The van der Waals surface area contributed by atoms with Crippen LogP contribution in [-0.4, -0.2) is 10.2 Å². The lowest BCUT2D eigenvalue weighted by molar-refractivity contribution is 1.09. The summed E-state index contributed by atoms with van der Waals surface area (Å²) in [5.74, 6) is 0. The zero-order chi connectivity index (χ0) is 9.10. The van der Waals surface area contributed by atoms with E-state index in [0.29, 0.717) is 0 Å². The van der Waals surface area contributed by atoms with Crippen molar-refractivity contribution in [1.29, 1.82) is 0 Å². The van der Waals surface area contributed by atoms with Gasteiger partial charge in [-0.25, -0.2) is 0 Å². The van der Waals surface area contributed by atoms with Crippen molar-refractivity contribution in [2.24, 2.45) is 0 Å². The number of hydrogen-bond donors (Lipinski definition) is 1. The minimum atomic E-state index is 0. The minimum absolute atomic E-state index is 0. The van der Waals surface area contributed by atoms with Gasteiger partial charge in [0.05, 0.1) is 6.20 Å². The first kappa shape index (κ1) is 10.8. The third-order valence-electron chi connectivity index (χ3n) is 2.05. The van der Waals surface area contributed by atoms with Gasteiger partial charge in [0.1, 0.15) is 0 Å². The van der Waals surface area contributed by atoms with E-state index in [1.54, 1.807) is 0 Å². The minimum Gasteiger partial charge on any atom is -0.285 e. The van der Waals surface area contributed by atoms with E-state index >= 15 is 0 Å². The average molecular weight is 209 g/mol. The van der Waals surface area contributed by atoms with Gasteiger partial charge in [0.15, 0.2) is 0 Å². The second-order valence-corrected chi connectivity index (χ2v) is 3.27. The van der Waals surface area contributed by atoms with Crippen LogP contribution in [0.4, 0.5) is 0 Å². The first-order chi connectivity index (χ1) is 6.34. The molecule has 0 aliphatic heterocycles. The van der Waals surface area contributed by atoms with Crippen LogP contribution in [0.1, 0.15) is 16.7 Å². The predicted octanol–water partition coefficient (Wildman–Crippen LogP) is 2.73. The molecule has 14 heavy (non-hydrogen) atoms. The topological polar surface area (TPSA) is 28.7 Å². The normalized spacial score (nSPS) is 9.50. The van der Waals surface area contributed by atoms with Crippen LogP contribution < -0.4 is 0 Å². The summed E-state index contributed by atoms with van der Waals surface area (Å²) in [5.41, 5.74) is 3.87. The lowest BCUT2D eigenvalue weighted by Crippen LogP contribution is -1.85. The van der Waals surface area contributed by atoms with Crippen LogP contribution in [0.5, 0.6) is 0 Å². The SMILES string of the molecule is Cc1cccc(Cc2cn[nH]c2)c1.Cl. The summed E-state index contributed by atoms with van der Waals surface area (Å²) in [6, 6.07) is 8.54. The molecule has 2 rings (SSSR count). The number of hydrogen-bond acceptors (Lipinski definition) is 1. The van der Waals surface area contributed by atoms with Crippen molar-refractivity contribution in [3.05, 3.63) is 53.3 Å².